The first kappa shape index (κ1) is 20.8. The molecule has 8 heteroatoms. The summed E-state index contributed by atoms with van der Waals surface area (Å²) in [5.74, 6) is -2.10. The van der Waals surface area contributed by atoms with E-state index in [0.717, 1.165) is 0 Å². The molecule has 0 aliphatic heterocycles. The number of aromatic nitrogens is 1. The summed E-state index contributed by atoms with van der Waals surface area (Å²) in [4.78, 5) is 26.7. The number of fused-ring (bicyclic) bond motifs is 1. The minimum Gasteiger partial charge on any atom is -0.494 e. The van der Waals surface area contributed by atoms with E-state index in [2.05, 4.69) is 0 Å². The van der Waals surface area contributed by atoms with Gasteiger partial charge in [-0.15, -0.1) is 0 Å². The molecule has 0 amide bonds. The molecule has 0 radical (unpaired) electrons. The molecule has 0 aliphatic rings. The molecule has 0 unspecified atom stereocenters. The van der Waals surface area contributed by atoms with E-state index < -0.39 is 17.7 Å². The molecule has 0 saturated heterocycles. The average Bonchev–Trinajstić information content (AvgIpc) is 2.92. The quantitative estimate of drug-likeness (QED) is 0.659. The third kappa shape index (κ3) is 4.11. The van der Waals surface area contributed by atoms with Crippen molar-refractivity contribution >= 4 is 34.4 Å². The number of carbonyl (C=O) groups is 2. The van der Waals surface area contributed by atoms with Crippen molar-refractivity contribution in [3.63, 3.8) is 0 Å². The van der Waals surface area contributed by atoms with Crippen LogP contribution in [0.15, 0.2) is 36.4 Å². The van der Waals surface area contributed by atoms with Crippen LogP contribution in [-0.2, 0) is 17.8 Å². The van der Waals surface area contributed by atoms with E-state index in [-0.39, 0.29) is 17.7 Å². The van der Waals surface area contributed by atoms with Crippen LogP contribution in [0.2, 0.25) is 5.02 Å². The van der Waals surface area contributed by atoms with Gasteiger partial charge in [-0.1, -0.05) is 11.6 Å². The number of carbonyl (C=O) groups excluding carboxylic acids is 1. The minimum absolute atomic E-state index is 0.0170. The van der Waals surface area contributed by atoms with Gasteiger partial charge in [-0.05, 0) is 50.0 Å². The molecule has 152 valence electrons. The number of carboxylic acid groups (broad SMARTS) is 1. The molecule has 0 aliphatic carbocycles. The van der Waals surface area contributed by atoms with Crippen LogP contribution < -0.4 is 4.74 Å². The Kier molecular flexibility index (Phi) is 5.91. The molecular weight excluding hydrogens is 399 g/mol. The molecule has 0 fully saturated rings. The van der Waals surface area contributed by atoms with Crippen molar-refractivity contribution in [2.45, 2.75) is 13.0 Å². The smallest absolute Gasteiger partial charge is 0.307 e. The zero-order valence-corrected chi connectivity index (χ0v) is 17.0. The van der Waals surface area contributed by atoms with E-state index in [4.69, 9.17) is 16.3 Å². The summed E-state index contributed by atoms with van der Waals surface area (Å²) in [6, 6.07) is 8.97. The molecule has 3 aromatic rings. The largest absolute Gasteiger partial charge is 0.494 e. The highest BCUT2D eigenvalue weighted by molar-refractivity contribution is 6.30. The lowest BCUT2D eigenvalue weighted by molar-refractivity contribution is -0.136. The van der Waals surface area contributed by atoms with E-state index >= 15 is 0 Å². The number of nitrogens with zero attached hydrogens (tertiary/aromatic N) is 2. The number of methoxy groups -OCH3 is 1. The molecule has 1 N–H and O–H groups in total. The van der Waals surface area contributed by atoms with Gasteiger partial charge in [0.15, 0.2) is 11.6 Å². The topological polar surface area (TPSA) is 71.8 Å². The van der Waals surface area contributed by atoms with Crippen molar-refractivity contribution in [2.24, 2.45) is 0 Å². The predicted octanol–water partition coefficient (Wildman–Crippen LogP) is 3.82. The lowest BCUT2D eigenvalue weighted by atomic mass is 10.1. The first-order valence-corrected chi connectivity index (χ1v) is 9.17. The molecule has 2 aromatic carbocycles. The van der Waals surface area contributed by atoms with Crippen molar-refractivity contribution < 1.29 is 23.8 Å². The van der Waals surface area contributed by atoms with Crippen LogP contribution in [0, 0.1) is 5.82 Å². The van der Waals surface area contributed by atoms with Crippen LogP contribution in [0.3, 0.4) is 0 Å². The fourth-order valence-electron chi connectivity index (χ4n) is 3.33. The Balaban J connectivity index is 2.35. The van der Waals surface area contributed by atoms with Gasteiger partial charge in [0.2, 0.25) is 0 Å². The van der Waals surface area contributed by atoms with Gasteiger partial charge in [0.05, 0.1) is 19.0 Å². The average molecular weight is 419 g/mol. The third-order valence-corrected chi connectivity index (χ3v) is 4.79. The number of hydrogen-bond donors (Lipinski definition) is 1. The number of halogens is 2. The van der Waals surface area contributed by atoms with Gasteiger partial charge in [-0.2, -0.15) is 0 Å². The Morgan fingerprint density at radius 1 is 1.21 bits per heavy atom. The highest BCUT2D eigenvalue weighted by Gasteiger charge is 2.25. The first-order chi connectivity index (χ1) is 13.7. The Labute approximate surface area is 172 Å². The van der Waals surface area contributed by atoms with Crippen LogP contribution in [0.5, 0.6) is 5.75 Å². The number of rotatable bonds is 6. The summed E-state index contributed by atoms with van der Waals surface area (Å²) in [7, 11) is 4.94. The number of ether oxygens (including phenoxy) is 1. The molecule has 6 nitrogen and oxygen atoms in total. The van der Waals surface area contributed by atoms with Crippen molar-refractivity contribution in [1.82, 2.24) is 9.47 Å². The summed E-state index contributed by atoms with van der Waals surface area (Å²) < 4.78 is 20.9. The van der Waals surface area contributed by atoms with Gasteiger partial charge < -0.3 is 14.7 Å². The predicted molar refractivity (Wildman–Crippen MR) is 108 cm³/mol. The molecule has 0 spiro atoms. The van der Waals surface area contributed by atoms with Crippen LogP contribution in [0.25, 0.3) is 10.9 Å². The van der Waals surface area contributed by atoms with Gasteiger partial charge in [-0.3, -0.25) is 14.2 Å². The lowest BCUT2D eigenvalue weighted by Gasteiger charge is -2.15. The monoisotopic (exact) mass is 418 g/mol. The van der Waals surface area contributed by atoms with Crippen molar-refractivity contribution in [2.75, 3.05) is 21.2 Å². The van der Waals surface area contributed by atoms with E-state index in [1.54, 1.807) is 38.4 Å². The lowest BCUT2D eigenvalue weighted by Crippen LogP contribution is -2.21. The second-order valence-electron chi connectivity index (χ2n) is 6.88. The first-order valence-electron chi connectivity index (χ1n) is 8.79. The maximum Gasteiger partial charge on any atom is 0.307 e. The zero-order valence-electron chi connectivity index (χ0n) is 16.2. The molecule has 29 heavy (non-hydrogen) atoms. The van der Waals surface area contributed by atoms with Gasteiger partial charge in [-0.25, -0.2) is 4.39 Å². The Hall–Kier alpha value is -2.90. The molecule has 1 aromatic heterocycles. The molecule has 1 heterocycles. The third-order valence-electron chi connectivity index (χ3n) is 4.54. The second kappa shape index (κ2) is 8.23. The van der Waals surface area contributed by atoms with E-state index in [1.807, 2.05) is 4.90 Å². The van der Waals surface area contributed by atoms with E-state index in [1.165, 1.54) is 23.8 Å². The van der Waals surface area contributed by atoms with Crippen LogP contribution in [-0.4, -0.2) is 47.7 Å². The fraction of sp³-hybridized carbons (Fsp3) is 0.238. The molecule has 0 atom stereocenters. The maximum atomic E-state index is 14.5. The highest BCUT2D eigenvalue weighted by Crippen LogP contribution is 2.33. The van der Waals surface area contributed by atoms with Gasteiger partial charge in [0.1, 0.15) is 0 Å². The summed E-state index contributed by atoms with van der Waals surface area (Å²) in [5.41, 5.74) is 1.57. The van der Waals surface area contributed by atoms with Crippen molar-refractivity contribution in [1.29, 1.82) is 0 Å². The highest BCUT2D eigenvalue weighted by atomic mass is 35.5. The summed E-state index contributed by atoms with van der Waals surface area (Å²) in [5, 5.41) is 10.4. The number of hydrogen-bond acceptors (Lipinski definition) is 4. The van der Waals surface area contributed by atoms with Gasteiger partial charge in [0, 0.05) is 34.3 Å². The van der Waals surface area contributed by atoms with Crippen molar-refractivity contribution in [3.05, 3.63) is 64.1 Å². The van der Waals surface area contributed by atoms with Crippen molar-refractivity contribution in [3.8, 4) is 5.75 Å². The Bertz CT molecular complexity index is 1090. The second-order valence-corrected chi connectivity index (χ2v) is 7.32. The standard InChI is InChI=1S/C21H20ClFN2O4/c1-24(2)11-18-15(9-20(26)27)14-8-19(29-3)16(23)10-17(14)25(18)21(28)12-4-6-13(22)7-5-12/h4-8,10H,9,11H2,1-3H3,(H,26,27). The summed E-state index contributed by atoms with van der Waals surface area (Å²) in [6.07, 6.45) is -0.310. The zero-order chi connectivity index (χ0) is 21.3. The molecule has 0 bridgehead atoms. The van der Waals surface area contributed by atoms with E-state index in [9.17, 15) is 19.1 Å². The SMILES string of the molecule is COc1cc2c(CC(=O)O)c(CN(C)C)n(C(=O)c3ccc(Cl)cc3)c2cc1F. The van der Waals surface area contributed by atoms with Crippen LogP contribution in [0.1, 0.15) is 21.6 Å². The van der Waals surface area contributed by atoms with E-state index in [0.29, 0.717) is 33.8 Å². The minimum atomic E-state index is -1.05. The Morgan fingerprint density at radius 2 is 1.86 bits per heavy atom. The number of carboxylic acids is 1. The van der Waals surface area contributed by atoms with Gasteiger partial charge in [0.25, 0.3) is 5.91 Å². The maximum absolute atomic E-state index is 14.5. The summed E-state index contributed by atoms with van der Waals surface area (Å²) >= 11 is 5.92. The fourth-order valence-corrected chi connectivity index (χ4v) is 3.46. The molecule has 0 saturated carbocycles. The number of benzene rings is 2. The van der Waals surface area contributed by atoms with Crippen LogP contribution in [0.4, 0.5) is 4.39 Å². The summed E-state index contributed by atoms with van der Waals surface area (Å²) in [6.45, 7) is 0.292. The number of aliphatic carboxylic acids is 1. The van der Waals surface area contributed by atoms with Gasteiger partial charge >= 0.3 is 5.97 Å². The van der Waals surface area contributed by atoms with Crippen LogP contribution >= 0.6 is 11.6 Å². The Morgan fingerprint density at radius 3 is 2.41 bits per heavy atom. The molecule has 3 rings (SSSR count). The molecular formula is C21H20ClFN2O4. The normalized spacial score (nSPS) is 11.2.